The minimum absolute atomic E-state index is 0.159. The van der Waals surface area contributed by atoms with Crippen LogP contribution in [0.2, 0.25) is 0 Å². The first-order valence-corrected chi connectivity index (χ1v) is 5.00. The van der Waals surface area contributed by atoms with Crippen molar-refractivity contribution in [3.8, 4) is 0 Å². The normalized spacial score (nSPS) is 32.8. The quantitative estimate of drug-likeness (QED) is 0.620. The van der Waals surface area contributed by atoms with Gasteiger partial charge in [0.05, 0.1) is 0 Å². The van der Waals surface area contributed by atoms with Crippen molar-refractivity contribution in [3.05, 3.63) is 0 Å². The van der Waals surface area contributed by atoms with Gasteiger partial charge in [-0.1, -0.05) is 20.8 Å². The monoisotopic (exact) mass is 173 g/mol. The second kappa shape index (κ2) is 3.73. The Labute approximate surface area is 74.9 Å². The molecule has 1 atom stereocenters. The maximum atomic E-state index is 14.1. The Balaban J connectivity index is 2.54. The fourth-order valence-corrected chi connectivity index (χ4v) is 1.87. The largest absolute Gasteiger partial charge is 0.300 e. The van der Waals surface area contributed by atoms with Crippen LogP contribution >= 0.6 is 0 Å². The standard InChI is InChI=1S/C10H20FN/c1-4-12-7-5-6-10(11,8-12)9(2)3/h9H,4-8H2,1-3H3. The van der Waals surface area contributed by atoms with Gasteiger partial charge in [0, 0.05) is 6.54 Å². The van der Waals surface area contributed by atoms with E-state index < -0.39 is 5.67 Å². The van der Waals surface area contributed by atoms with Crippen LogP contribution < -0.4 is 0 Å². The molecule has 72 valence electrons. The minimum atomic E-state index is -0.922. The highest BCUT2D eigenvalue weighted by molar-refractivity contribution is 4.89. The van der Waals surface area contributed by atoms with Crippen molar-refractivity contribution < 1.29 is 4.39 Å². The van der Waals surface area contributed by atoms with Gasteiger partial charge in [0.1, 0.15) is 5.67 Å². The van der Waals surface area contributed by atoms with Gasteiger partial charge in [-0.15, -0.1) is 0 Å². The van der Waals surface area contributed by atoms with E-state index in [2.05, 4.69) is 11.8 Å². The summed E-state index contributed by atoms with van der Waals surface area (Å²) < 4.78 is 14.1. The smallest absolute Gasteiger partial charge is 0.126 e. The average Bonchev–Trinajstić information content (AvgIpc) is 2.04. The molecule has 0 aromatic rings. The van der Waals surface area contributed by atoms with Gasteiger partial charge in [-0.05, 0) is 31.8 Å². The van der Waals surface area contributed by atoms with Crippen molar-refractivity contribution in [1.29, 1.82) is 0 Å². The molecule has 0 aromatic carbocycles. The third-order valence-corrected chi connectivity index (χ3v) is 3.04. The van der Waals surface area contributed by atoms with Crippen molar-refractivity contribution in [1.82, 2.24) is 4.90 Å². The maximum Gasteiger partial charge on any atom is 0.126 e. The van der Waals surface area contributed by atoms with Crippen molar-refractivity contribution in [2.75, 3.05) is 19.6 Å². The van der Waals surface area contributed by atoms with Gasteiger partial charge < -0.3 is 4.90 Å². The number of rotatable bonds is 2. The van der Waals surface area contributed by atoms with E-state index in [4.69, 9.17) is 0 Å². The molecule has 0 N–H and O–H groups in total. The SMILES string of the molecule is CCN1CCCC(F)(C(C)C)C1. The lowest BCUT2D eigenvalue weighted by Gasteiger charge is -2.39. The molecule has 1 rings (SSSR count). The number of hydrogen-bond donors (Lipinski definition) is 0. The zero-order valence-electron chi connectivity index (χ0n) is 8.44. The second-order valence-electron chi connectivity index (χ2n) is 4.16. The van der Waals surface area contributed by atoms with Gasteiger partial charge in [-0.3, -0.25) is 0 Å². The van der Waals surface area contributed by atoms with Crippen molar-refractivity contribution in [3.63, 3.8) is 0 Å². The molecular weight excluding hydrogens is 153 g/mol. The molecule has 0 amide bonds. The summed E-state index contributed by atoms with van der Waals surface area (Å²) in [4.78, 5) is 2.21. The molecule has 1 aliphatic heterocycles. The molecule has 1 saturated heterocycles. The van der Waals surface area contributed by atoms with E-state index in [1.807, 2.05) is 13.8 Å². The third kappa shape index (κ3) is 1.98. The lowest BCUT2D eigenvalue weighted by Crippen LogP contribution is -2.48. The molecule has 0 aromatic heterocycles. The Morgan fingerprint density at radius 2 is 2.17 bits per heavy atom. The number of piperidine rings is 1. The predicted octanol–water partition coefficient (Wildman–Crippen LogP) is 2.47. The number of alkyl halides is 1. The Hall–Kier alpha value is -0.110. The van der Waals surface area contributed by atoms with E-state index in [1.54, 1.807) is 0 Å². The van der Waals surface area contributed by atoms with Crippen molar-refractivity contribution in [2.24, 2.45) is 5.92 Å². The Kier molecular flexibility index (Phi) is 3.10. The molecule has 0 radical (unpaired) electrons. The van der Waals surface area contributed by atoms with Crippen LogP contribution in [0.15, 0.2) is 0 Å². The zero-order valence-corrected chi connectivity index (χ0v) is 8.44. The van der Waals surface area contributed by atoms with Crippen LogP contribution in [0.3, 0.4) is 0 Å². The Bertz CT molecular complexity index is 147. The third-order valence-electron chi connectivity index (χ3n) is 3.04. The highest BCUT2D eigenvalue weighted by atomic mass is 19.1. The van der Waals surface area contributed by atoms with Gasteiger partial charge in [-0.25, -0.2) is 4.39 Å². The molecule has 2 heteroatoms. The summed E-state index contributed by atoms with van der Waals surface area (Å²) in [7, 11) is 0. The van der Waals surface area contributed by atoms with Crippen LogP contribution in [0.1, 0.15) is 33.6 Å². The van der Waals surface area contributed by atoms with Gasteiger partial charge in [0.25, 0.3) is 0 Å². The lowest BCUT2D eigenvalue weighted by molar-refractivity contribution is 0.0103. The Morgan fingerprint density at radius 3 is 2.67 bits per heavy atom. The summed E-state index contributed by atoms with van der Waals surface area (Å²) in [5.41, 5.74) is -0.922. The highest BCUT2D eigenvalue weighted by Crippen LogP contribution is 2.31. The molecular formula is C10H20FN. The van der Waals surface area contributed by atoms with Crippen LogP contribution in [-0.4, -0.2) is 30.2 Å². The first-order chi connectivity index (χ1) is 5.58. The van der Waals surface area contributed by atoms with Gasteiger partial charge >= 0.3 is 0 Å². The molecule has 0 aliphatic carbocycles. The summed E-state index contributed by atoms with van der Waals surface area (Å²) in [6.45, 7) is 8.78. The van der Waals surface area contributed by atoms with E-state index in [-0.39, 0.29) is 5.92 Å². The van der Waals surface area contributed by atoms with E-state index in [0.717, 1.165) is 25.9 Å². The maximum absolute atomic E-state index is 14.1. The minimum Gasteiger partial charge on any atom is -0.300 e. The first-order valence-electron chi connectivity index (χ1n) is 5.00. The summed E-state index contributed by atoms with van der Waals surface area (Å²) in [5, 5.41) is 0. The van der Waals surface area contributed by atoms with Crippen molar-refractivity contribution in [2.45, 2.75) is 39.3 Å². The molecule has 1 nitrogen and oxygen atoms in total. The van der Waals surface area contributed by atoms with Crippen LogP contribution in [0.5, 0.6) is 0 Å². The molecule has 1 fully saturated rings. The van der Waals surface area contributed by atoms with Gasteiger partial charge in [0.15, 0.2) is 0 Å². The van der Waals surface area contributed by atoms with Gasteiger partial charge in [-0.2, -0.15) is 0 Å². The summed E-state index contributed by atoms with van der Waals surface area (Å²) in [5.74, 6) is 0.159. The van der Waals surface area contributed by atoms with Crippen LogP contribution in [-0.2, 0) is 0 Å². The molecule has 0 spiro atoms. The molecule has 1 unspecified atom stereocenters. The number of nitrogens with zero attached hydrogens (tertiary/aromatic N) is 1. The van der Waals surface area contributed by atoms with Crippen LogP contribution in [0.25, 0.3) is 0 Å². The van der Waals surface area contributed by atoms with Gasteiger partial charge in [0.2, 0.25) is 0 Å². The molecule has 1 aliphatic rings. The topological polar surface area (TPSA) is 3.24 Å². The number of hydrogen-bond acceptors (Lipinski definition) is 1. The van der Waals surface area contributed by atoms with Crippen LogP contribution in [0, 0.1) is 5.92 Å². The molecule has 12 heavy (non-hydrogen) atoms. The zero-order chi connectivity index (χ0) is 9.19. The predicted molar refractivity (Wildman–Crippen MR) is 50.0 cm³/mol. The number of likely N-dealkylation sites (tertiary alicyclic amines) is 1. The highest BCUT2D eigenvalue weighted by Gasteiger charge is 2.37. The van der Waals surface area contributed by atoms with Crippen molar-refractivity contribution >= 4 is 0 Å². The average molecular weight is 173 g/mol. The number of halogens is 1. The second-order valence-corrected chi connectivity index (χ2v) is 4.16. The lowest BCUT2D eigenvalue weighted by atomic mass is 9.84. The summed E-state index contributed by atoms with van der Waals surface area (Å²) >= 11 is 0. The first kappa shape index (κ1) is 9.97. The molecule has 1 heterocycles. The fourth-order valence-electron chi connectivity index (χ4n) is 1.87. The summed E-state index contributed by atoms with van der Waals surface area (Å²) in [6.07, 6.45) is 1.77. The summed E-state index contributed by atoms with van der Waals surface area (Å²) in [6, 6.07) is 0. The molecule has 0 saturated carbocycles. The van der Waals surface area contributed by atoms with Crippen LogP contribution in [0.4, 0.5) is 4.39 Å². The fraction of sp³-hybridized carbons (Fsp3) is 1.00. The molecule has 0 bridgehead atoms. The van der Waals surface area contributed by atoms with E-state index in [1.165, 1.54) is 0 Å². The van der Waals surface area contributed by atoms with E-state index in [9.17, 15) is 4.39 Å². The van der Waals surface area contributed by atoms with E-state index >= 15 is 0 Å². The Morgan fingerprint density at radius 1 is 1.50 bits per heavy atom. The van der Waals surface area contributed by atoms with E-state index in [0.29, 0.717) is 6.54 Å².